The summed E-state index contributed by atoms with van der Waals surface area (Å²) in [6, 6.07) is 13.3. The van der Waals surface area contributed by atoms with Crippen molar-refractivity contribution in [3.05, 3.63) is 71.5 Å². The monoisotopic (exact) mass is 349 g/mol. The molecule has 2 aromatic rings. The average Bonchev–Trinajstić information content (AvgIpc) is 2.98. The molecule has 0 aliphatic carbocycles. The van der Waals surface area contributed by atoms with Crippen LogP contribution in [-0.4, -0.2) is 29.7 Å². The van der Waals surface area contributed by atoms with Crippen LogP contribution in [0.3, 0.4) is 0 Å². The number of benzene rings is 2. The highest BCUT2D eigenvalue weighted by molar-refractivity contribution is 6.00. The summed E-state index contributed by atoms with van der Waals surface area (Å²) >= 11 is 0. The Morgan fingerprint density at radius 3 is 2.42 bits per heavy atom. The van der Waals surface area contributed by atoms with Crippen molar-refractivity contribution in [2.75, 3.05) is 7.11 Å². The Morgan fingerprint density at radius 2 is 1.85 bits per heavy atom. The van der Waals surface area contributed by atoms with Gasteiger partial charge in [0.05, 0.1) is 13.2 Å². The summed E-state index contributed by atoms with van der Waals surface area (Å²) in [6.07, 6.45) is 0.756. The average molecular weight is 349 g/mol. The summed E-state index contributed by atoms with van der Waals surface area (Å²) in [5.74, 6) is 0.654. The van der Waals surface area contributed by atoms with E-state index < -0.39 is 0 Å². The summed E-state index contributed by atoms with van der Waals surface area (Å²) in [6.45, 7) is 8.07. The second-order valence-electron chi connectivity index (χ2n) is 6.53. The third-order valence-corrected chi connectivity index (χ3v) is 4.96. The van der Waals surface area contributed by atoms with Crippen LogP contribution in [0.1, 0.15) is 46.5 Å². The smallest absolute Gasteiger partial charge is 0.255 e. The number of methoxy groups -OCH3 is 1. The zero-order chi connectivity index (χ0) is 18.8. The Kier molecular flexibility index (Phi) is 4.94. The molecule has 2 aromatic carbocycles. The molecule has 1 atom stereocenters. The van der Waals surface area contributed by atoms with E-state index in [4.69, 9.17) is 4.74 Å². The molecule has 134 valence electrons. The van der Waals surface area contributed by atoms with Crippen molar-refractivity contribution in [1.82, 2.24) is 4.90 Å². The van der Waals surface area contributed by atoms with Crippen LogP contribution in [0.15, 0.2) is 54.8 Å². The van der Waals surface area contributed by atoms with Gasteiger partial charge in [0, 0.05) is 17.7 Å². The molecule has 3 rings (SSSR count). The molecule has 0 radical (unpaired) electrons. The van der Waals surface area contributed by atoms with Gasteiger partial charge in [-0.05, 0) is 36.1 Å². The first-order valence-corrected chi connectivity index (χ1v) is 8.74. The van der Waals surface area contributed by atoms with Gasteiger partial charge < -0.3 is 9.64 Å². The number of carbonyl (C=O) groups excluding carboxylic acids is 2. The maximum absolute atomic E-state index is 12.9. The highest BCUT2D eigenvalue weighted by Crippen LogP contribution is 2.31. The van der Waals surface area contributed by atoms with Crippen LogP contribution in [-0.2, 0) is 11.3 Å². The molecule has 0 bridgehead atoms. The Bertz CT molecular complexity index is 867. The molecule has 0 aromatic heterocycles. The topological polar surface area (TPSA) is 46.6 Å². The second kappa shape index (κ2) is 7.16. The molecule has 1 aliphatic heterocycles. The minimum atomic E-state index is -0.127. The molecule has 4 nitrogen and oxygen atoms in total. The summed E-state index contributed by atoms with van der Waals surface area (Å²) < 4.78 is 5.27. The number of hydrogen-bond donors (Lipinski definition) is 0. The first kappa shape index (κ1) is 17.9. The van der Waals surface area contributed by atoms with Gasteiger partial charge in [-0.15, -0.1) is 0 Å². The third kappa shape index (κ3) is 3.15. The molecule has 4 heteroatoms. The van der Waals surface area contributed by atoms with Crippen molar-refractivity contribution in [3.8, 4) is 11.1 Å². The van der Waals surface area contributed by atoms with E-state index in [1.54, 1.807) is 14.0 Å². The van der Waals surface area contributed by atoms with Crippen LogP contribution < -0.4 is 0 Å². The van der Waals surface area contributed by atoms with E-state index in [2.05, 4.69) is 6.58 Å². The molecule has 0 saturated carbocycles. The molecule has 0 N–H and O–H groups in total. The predicted octanol–water partition coefficient (Wildman–Crippen LogP) is 4.45. The third-order valence-electron chi connectivity index (χ3n) is 4.96. The Labute approximate surface area is 154 Å². The van der Waals surface area contributed by atoms with Gasteiger partial charge in [-0.2, -0.15) is 0 Å². The van der Waals surface area contributed by atoms with E-state index in [1.165, 1.54) is 0 Å². The van der Waals surface area contributed by atoms with Gasteiger partial charge in [0.15, 0.2) is 5.78 Å². The zero-order valence-electron chi connectivity index (χ0n) is 15.4. The Hall–Kier alpha value is -2.88. The van der Waals surface area contributed by atoms with E-state index in [0.29, 0.717) is 17.9 Å². The van der Waals surface area contributed by atoms with Crippen LogP contribution >= 0.6 is 0 Å². The molecule has 0 spiro atoms. The lowest BCUT2D eigenvalue weighted by atomic mass is 9.99. The first-order chi connectivity index (χ1) is 12.5. The summed E-state index contributed by atoms with van der Waals surface area (Å²) in [5, 5.41) is 0. The lowest BCUT2D eigenvalue weighted by molar-refractivity contribution is 0.0670. The molecule has 1 heterocycles. The van der Waals surface area contributed by atoms with Crippen molar-refractivity contribution in [2.45, 2.75) is 32.9 Å². The number of Topliss-reactive ketones (excluding diaryl/α,β-unsaturated/α-hetero) is 1. The number of hydrogen-bond acceptors (Lipinski definition) is 3. The van der Waals surface area contributed by atoms with Crippen LogP contribution in [0.2, 0.25) is 0 Å². The number of rotatable bonds is 6. The van der Waals surface area contributed by atoms with Crippen molar-refractivity contribution in [3.63, 3.8) is 0 Å². The zero-order valence-corrected chi connectivity index (χ0v) is 15.4. The minimum Gasteiger partial charge on any atom is -0.500 e. The molecule has 1 aliphatic rings. The lowest BCUT2D eigenvalue weighted by Crippen LogP contribution is -2.36. The summed E-state index contributed by atoms with van der Waals surface area (Å²) in [5.41, 5.74) is 4.37. The first-order valence-electron chi connectivity index (χ1n) is 8.74. The molecule has 1 amide bonds. The van der Waals surface area contributed by atoms with Gasteiger partial charge in [0.2, 0.25) is 0 Å². The number of ether oxygens (including phenoxy) is 1. The molecule has 1 unspecified atom stereocenters. The quantitative estimate of drug-likeness (QED) is 0.572. The fourth-order valence-electron chi connectivity index (χ4n) is 3.41. The molecular weight excluding hydrogens is 326 g/mol. The maximum Gasteiger partial charge on any atom is 0.255 e. The molecular formula is C22H23NO3. The molecule has 0 saturated heterocycles. The van der Waals surface area contributed by atoms with Gasteiger partial charge in [0.25, 0.3) is 5.91 Å². The fraction of sp³-hybridized carbons (Fsp3) is 0.273. The van der Waals surface area contributed by atoms with Gasteiger partial charge in [-0.25, -0.2) is 0 Å². The number of ketones is 1. The Balaban J connectivity index is 1.90. The largest absolute Gasteiger partial charge is 0.500 e. The van der Waals surface area contributed by atoms with Gasteiger partial charge in [0.1, 0.15) is 5.76 Å². The molecule has 26 heavy (non-hydrogen) atoms. The minimum absolute atomic E-state index is 0.00672. The van der Waals surface area contributed by atoms with E-state index in [-0.39, 0.29) is 17.7 Å². The lowest BCUT2D eigenvalue weighted by Gasteiger charge is -2.27. The van der Waals surface area contributed by atoms with Crippen molar-refractivity contribution < 1.29 is 14.3 Å². The Morgan fingerprint density at radius 1 is 1.19 bits per heavy atom. The number of nitrogens with zero attached hydrogens (tertiary/aromatic N) is 1. The number of carbonyl (C=O) groups is 2. The van der Waals surface area contributed by atoms with E-state index in [0.717, 1.165) is 28.7 Å². The van der Waals surface area contributed by atoms with Crippen LogP contribution in [0.5, 0.6) is 0 Å². The second-order valence-corrected chi connectivity index (χ2v) is 6.53. The van der Waals surface area contributed by atoms with E-state index >= 15 is 0 Å². The van der Waals surface area contributed by atoms with Crippen molar-refractivity contribution in [2.24, 2.45) is 0 Å². The normalized spacial score (nSPS) is 14.1. The van der Waals surface area contributed by atoms with Gasteiger partial charge >= 0.3 is 0 Å². The van der Waals surface area contributed by atoms with Gasteiger partial charge in [-0.3, -0.25) is 9.59 Å². The highest BCUT2D eigenvalue weighted by atomic mass is 16.5. The highest BCUT2D eigenvalue weighted by Gasteiger charge is 2.33. The standard InChI is InChI=1S/C22H23NO3/c1-5-21(15(3)26-4)23-13-19-11-10-18(12-20(19)22(23)25)17-8-6-16(7-9-17)14(2)24/h6-12,21H,3,5,13H2,1-2,4H3. The fourth-order valence-corrected chi connectivity index (χ4v) is 3.41. The maximum atomic E-state index is 12.9. The van der Waals surface area contributed by atoms with E-state index in [9.17, 15) is 9.59 Å². The number of fused-ring (bicyclic) bond motifs is 1. The van der Waals surface area contributed by atoms with E-state index in [1.807, 2.05) is 54.3 Å². The summed E-state index contributed by atoms with van der Waals surface area (Å²) in [7, 11) is 1.58. The van der Waals surface area contributed by atoms with Crippen LogP contribution in [0.4, 0.5) is 0 Å². The molecule has 0 fully saturated rings. The van der Waals surface area contributed by atoms with Crippen molar-refractivity contribution >= 4 is 11.7 Å². The van der Waals surface area contributed by atoms with Crippen LogP contribution in [0, 0.1) is 0 Å². The number of amides is 1. The summed E-state index contributed by atoms with van der Waals surface area (Å²) in [4.78, 5) is 26.2. The predicted molar refractivity (Wildman–Crippen MR) is 102 cm³/mol. The SMILES string of the molecule is C=C(OC)C(CC)N1Cc2ccc(-c3ccc(C(C)=O)cc3)cc2C1=O. The van der Waals surface area contributed by atoms with Gasteiger partial charge in [-0.1, -0.05) is 49.9 Å². The van der Waals surface area contributed by atoms with Crippen molar-refractivity contribution in [1.29, 1.82) is 0 Å². The van der Waals surface area contributed by atoms with Crippen LogP contribution in [0.25, 0.3) is 11.1 Å².